The lowest BCUT2D eigenvalue weighted by molar-refractivity contribution is 0.316. The van der Waals surface area contributed by atoms with E-state index in [1.54, 1.807) is 0 Å². The highest BCUT2D eigenvalue weighted by atomic mass is 35.5. The summed E-state index contributed by atoms with van der Waals surface area (Å²) in [6, 6.07) is 16.9. The van der Waals surface area contributed by atoms with Gasteiger partial charge in [-0.1, -0.05) is 36.4 Å². The van der Waals surface area contributed by atoms with Gasteiger partial charge >= 0.3 is 0 Å². The molecule has 164 valence electrons. The molecule has 0 amide bonds. The van der Waals surface area contributed by atoms with Gasteiger partial charge in [-0.3, -0.25) is 0 Å². The van der Waals surface area contributed by atoms with Crippen LogP contribution in [0.5, 0.6) is 5.75 Å². The normalized spacial score (nSPS) is 20.8. The van der Waals surface area contributed by atoms with Crippen LogP contribution in [0, 0.1) is 5.92 Å². The third-order valence-corrected chi connectivity index (χ3v) is 8.02. The van der Waals surface area contributed by atoms with Gasteiger partial charge in [0.25, 0.3) is 0 Å². The van der Waals surface area contributed by atoms with Crippen LogP contribution in [0.2, 0.25) is 0 Å². The van der Waals surface area contributed by atoms with Gasteiger partial charge in [0.1, 0.15) is 5.75 Å². The minimum atomic E-state index is -2.93. The molecule has 2 atom stereocenters. The zero-order chi connectivity index (χ0) is 20.3. The van der Waals surface area contributed by atoms with E-state index in [-0.39, 0.29) is 30.1 Å². The van der Waals surface area contributed by atoms with E-state index in [0.717, 1.165) is 37.9 Å². The Morgan fingerprint density at radius 1 is 1.03 bits per heavy atom. The highest BCUT2D eigenvalue weighted by Crippen LogP contribution is 2.36. The second-order valence-corrected chi connectivity index (χ2v) is 10.8. The number of aryl methyl sites for hydroxylation is 1. The Morgan fingerprint density at radius 2 is 1.80 bits per heavy atom. The summed E-state index contributed by atoms with van der Waals surface area (Å²) in [4.78, 5) is 0. The number of benzene rings is 2. The van der Waals surface area contributed by atoms with Gasteiger partial charge in [-0.25, -0.2) is 8.42 Å². The quantitative estimate of drug-likeness (QED) is 0.579. The summed E-state index contributed by atoms with van der Waals surface area (Å²) < 4.78 is 30.1. The number of sulfone groups is 1. The predicted octanol–water partition coefficient (Wildman–Crippen LogP) is 4.30. The van der Waals surface area contributed by atoms with E-state index in [1.807, 2.05) is 12.1 Å². The molecule has 2 N–H and O–H groups in total. The zero-order valence-corrected chi connectivity index (χ0v) is 19.0. The van der Waals surface area contributed by atoms with Crippen molar-refractivity contribution in [2.75, 3.05) is 18.1 Å². The Bertz CT molecular complexity index is 929. The van der Waals surface area contributed by atoms with Crippen LogP contribution in [0.25, 0.3) is 0 Å². The number of rotatable bonds is 9. The van der Waals surface area contributed by atoms with Gasteiger partial charge in [-0.2, -0.15) is 0 Å². The molecular formula is C24H32ClNO3S. The minimum Gasteiger partial charge on any atom is -0.494 e. The molecule has 0 spiro atoms. The van der Waals surface area contributed by atoms with E-state index in [1.165, 1.54) is 16.7 Å². The summed E-state index contributed by atoms with van der Waals surface area (Å²) in [5.74, 6) is 2.08. The fourth-order valence-electron chi connectivity index (χ4n) is 4.31. The third kappa shape index (κ3) is 6.22. The van der Waals surface area contributed by atoms with Crippen molar-refractivity contribution in [2.45, 2.75) is 50.5 Å². The van der Waals surface area contributed by atoms with E-state index >= 15 is 0 Å². The highest BCUT2D eigenvalue weighted by molar-refractivity contribution is 7.91. The number of ether oxygens (including phenoxy) is 1. The average molecular weight is 450 g/mol. The molecule has 2 aromatic rings. The van der Waals surface area contributed by atoms with Crippen molar-refractivity contribution in [1.82, 2.24) is 0 Å². The molecule has 0 heterocycles. The molecule has 0 bridgehead atoms. The first-order valence-electron chi connectivity index (χ1n) is 10.8. The van der Waals surface area contributed by atoms with Crippen molar-refractivity contribution in [3.05, 3.63) is 65.2 Å². The summed E-state index contributed by atoms with van der Waals surface area (Å²) in [6.45, 7) is 0.429. The average Bonchev–Trinajstić information content (AvgIpc) is 3.51. The van der Waals surface area contributed by atoms with Crippen LogP contribution in [-0.2, 0) is 22.7 Å². The maximum atomic E-state index is 12.1. The number of hydrogen-bond acceptors (Lipinski definition) is 4. The lowest BCUT2D eigenvalue weighted by Crippen LogP contribution is -2.34. The number of halogens is 1. The maximum Gasteiger partial charge on any atom is 0.150 e. The predicted molar refractivity (Wildman–Crippen MR) is 124 cm³/mol. The Balaban J connectivity index is 0.00000256. The topological polar surface area (TPSA) is 69.4 Å². The summed E-state index contributed by atoms with van der Waals surface area (Å²) in [5, 5.41) is 0. The number of fused-ring (bicyclic) bond motifs is 1. The first kappa shape index (κ1) is 23.1. The fraction of sp³-hybridized carbons (Fsp3) is 0.500. The molecule has 4 nitrogen and oxygen atoms in total. The molecule has 2 aliphatic carbocycles. The molecule has 1 fully saturated rings. The van der Waals surface area contributed by atoms with Gasteiger partial charge in [-0.15, -0.1) is 12.4 Å². The van der Waals surface area contributed by atoms with Crippen LogP contribution in [-0.4, -0.2) is 32.6 Å². The van der Waals surface area contributed by atoms with E-state index < -0.39 is 9.84 Å². The molecule has 0 aromatic heterocycles. The molecular weight excluding hydrogens is 418 g/mol. The van der Waals surface area contributed by atoms with Gasteiger partial charge in [0.2, 0.25) is 0 Å². The Hall–Kier alpha value is -1.56. The molecule has 0 radical (unpaired) electrons. The summed E-state index contributed by atoms with van der Waals surface area (Å²) >= 11 is 0. The Labute approximate surface area is 186 Å². The molecule has 30 heavy (non-hydrogen) atoms. The molecule has 6 heteroatoms. The first-order chi connectivity index (χ1) is 14.0. The van der Waals surface area contributed by atoms with Gasteiger partial charge in [-0.05, 0) is 73.3 Å². The molecule has 4 rings (SSSR count). The molecule has 1 saturated carbocycles. The Kier molecular flexibility index (Phi) is 7.83. The molecule has 0 saturated heterocycles. The minimum absolute atomic E-state index is 0. The van der Waals surface area contributed by atoms with Gasteiger partial charge in [0.05, 0.1) is 18.1 Å². The van der Waals surface area contributed by atoms with Gasteiger partial charge in [0.15, 0.2) is 9.84 Å². The number of hydrogen-bond donors (Lipinski definition) is 1. The van der Waals surface area contributed by atoms with Crippen LogP contribution < -0.4 is 10.5 Å². The molecule has 2 aromatic carbocycles. The van der Waals surface area contributed by atoms with Crippen LogP contribution in [0.15, 0.2) is 48.5 Å². The number of nitrogens with two attached hydrogens (primary N) is 1. The smallest absolute Gasteiger partial charge is 0.150 e. The highest BCUT2D eigenvalue weighted by Gasteiger charge is 2.28. The van der Waals surface area contributed by atoms with E-state index in [0.29, 0.717) is 24.7 Å². The van der Waals surface area contributed by atoms with Crippen LogP contribution in [0.4, 0.5) is 0 Å². The Morgan fingerprint density at radius 3 is 2.53 bits per heavy atom. The van der Waals surface area contributed by atoms with Crippen molar-refractivity contribution < 1.29 is 13.2 Å². The lowest BCUT2D eigenvalue weighted by Gasteiger charge is -2.32. The largest absolute Gasteiger partial charge is 0.494 e. The maximum absolute atomic E-state index is 12.1. The van der Waals surface area contributed by atoms with Crippen LogP contribution in [0.3, 0.4) is 0 Å². The summed E-state index contributed by atoms with van der Waals surface area (Å²) in [6.07, 6.45) is 5.61. The fourth-order valence-corrected chi connectivity index (χ4v) is 6.09. The molecule has 2 aliphatic rings. The van der Waals surface area contributed by atoms with Crippen molar-refractivity contribution >= 4 is 22.2 Å². The second-order valence-electron chi connectivity index (χ2n) is 8.62. The monoisotopic (exact) mass is 449 g/mol. The first-order valence-corrected chi connectivity index (χ1v) is 12.6. The van der Waals surface area contributed by atoms with Crippen molar-refractivity contribution in [3.8, 4) is 5.75 Å². The van der Waals surface area contributed by atoms with Gasteiger partial charge in [0, 0.05) is 12.0 Å². The zero-order valence-electron chi connectivity index (χ0n) is 17.3. The van der Waals surface area contributed by atoms with Gasteiger partial charge < -0.3 is 10.5 Å². The summed E-state index contributed by atoms with van der Waals surface area (Å²) in [5.41, 5.74) is 10.4. The van der Waals surface area contributed by atoms with Crippen LogP contribution >= 0.6 is 12.4 Å². The van der Waals surface area contributed by atoms with E-state index in [2.05, 4.69) is 36.4 Å². The molecule has 0 aliphatic heterocycles. The molecule has 2 unspecified atom stereocenters. The van der Waals surface area contributed by atoms with Crippen molar-refractivity contribution in [2.24, 2.45) is 11.7 Å². The SMILES string of the molecule is Cl.NC1CCc2ccc(OCCCS(=O)(=O)CC3CC3)cc2C1Cc1ccccc1. The third-order valence-electron chi connectivity index (χ3n) is 6.13. The van der Waals surface area contributed by atoms with Crippen molar-refractivity contribution in [3.63, 3.8) is 0 Å². The second kappa shape index (κ2) is 10.2. The standard InChI is InChI=1S/C24H31NO3S.ClH/c25-24-12-10-20-9-11-21(28-13-4-14-29(26,27)17-19-7-8-19)16-22(20)23(24)15-18-5-2-1-3-6-18;/h1-3,5-6,9,11,16,19,23-24H,4,7-8,10,12-15,17,25H2;1H. The lowest BCUT2D eigenvalue weighted by atomic mass is 9.76. The summed E-state index contributed by atoms with van der Waals surface area (Å²) in [7, 11) is -2.93. The van der Waals surface area contributed by atoms with E-state index in [4.69, 9.17) is 10.5 Å². The van der Waals surface area contributed by atoms with Crippen LogP contribution in [0.1, 0.15) is 48.3 Å². The van der Waals surface area contributed by atoms with E-state index in [9.17, 15) is 8.42 Å². The van der Waals surface area contributed by atoms with Crippen molar-refractivity contribution in [1.29, 1.82) is 0 Å².